The maximum absolute atomic E-state index is 5.98. The lowest BCUT2D eigenvalue weighted by molar-refractivity contribution is 0.281. The van der Waals surface area contributed by atoms with Crippen molar-refractivity contribution >= 4 is 28.5 Å². The molecule has 0 N–H and O–H groups in total. The number of nitrogens with zero attached hydrogens (tertiary/aromatic N) is 2. The van der Waals surface area contributed by atoms with Gasteiger partial charge in [0.2, 0.25) is 0 Å². The number of para-hydroxylation sites is 1. The Morgan fingerprint density at radius 3 is 2.89 bits per heavy atom. The summed E-state index contributed by atoms with van der Waals surface area (Å²) in [5.74, 6) is 2.67. The number of aromatic nitrogens is 1. The maximum Gasteiger partial charge on any atom is 0.166 e. The third-order valence-electron chi connectivity index (χ3n) is 4.99. The molecule has 0 radical (unpaired) electrons. The molecule has 3 aromatic rings. The molecule has 4 rings (SSSR count). The first-order chi connectivity index (χ1) is 13.2. The number of anilines is 1. The minimum Gasteiger partial charge on any atom is -0.493 e. The van der Waals surface area contributed by atoms with Crippen LogP contribution >= 0.6 is 11.8 Å². The molecular formula is C22H24N2O2S. The molecule has 140 valence electrons. The Hall–Kier alpha value is -2.40. The molecule has 1 aliphatic rings. The van der Waals surface area contributed by atoms with Gasteiger partial charge in [0.15, 0.2) is 11.5 Å². The first-order valence-corrected chi connectivity index (χ1v) is 10.4. The predicted molar refractivity (Wildman–Crippen MR) is 112 cm³/mol. The van der Waals surface area contributed by atoms with Crippen molar-refractivity contribution in [2.75, 3.05) is 31.4 Å². The second-order valence-corrected chi connectivity index (χ2v) is 7.63. The Morgan fingerprint density at radius 2 is 2.07 bits per heavy atom. The number of rotatable bonds is 3. The Kier molecular flexibility index (Phi) is 5.12. The molecule has 1 aromatic heterocycles. The standard InChI is InChI=1S/C22H24N2O2S/c1-15-12-21(23-19-13-17(27-3)8-9-18(15)19)24-10-5-11-26-22-16(14-24)6-4-7-20(22)25-2/h4,6-9,12-13H,5,10-11,14H2,1-3H3. The molecule has 4 nitrogen and oxygen atoms in total. The average molecular weight is 381 g/mol. The number of pyridine rings is 1. The number of fused-ring (bicyclic) bond motifs is 2. The van der Waals surface area contributed by atoms with Crippen LogP contribution in [0.25, 0.3) is 10.9 Å². The van der Waals surface area contributed by atoms with E-state index in [9.17, 15) is 0 Å². The summed E-state index contributed by atoms with van der Waals surface area (Å²) < 4.78 is 11.5. The van der Waals surface area contributed by atoms with Gasteiger partial charge in [-0.3, -0.25) is 0 Å². The van der Waals surface area contributed by atoms with E-state index in [4.69, 9.17) is 14.5 Å². The SMILES string of the molecule is COc1cccc2c1OCCCN(c1cc(C)c3ccc(SC)cc3n1)C2. The Bertz CT molecular complexity index is 974. The van der Waals surface area contributed by atoms with E-state index in [1.165, 1.54) is 15.8 Å². The lowest BCUT2D eigenvalue weighted by Gasteiger charge is -2.28. The van der Waals surface area contributed by atoms with Crippen LogP contribution in [-0.4, -0.2) is 31.5 Å². The van der Waals surface area contributed by atoms with Crippen molar-refractivity contribution in [3.05, 3.63) is 53.6 Å². The fourth-order valence-electron chi connectivity index (χ4n) is 3.57. The van der Waals surface area contributed by atoms with Crippen molar-refractivity contribution in [3.63, 3.8) is 0 Å². The van der Waals surface area contributed by atoms with Gasteiger partial charge in [-0.1, -0.05) is 18.2 Å². The van der Waals surface area contributed by atoms with Crippen molar-refractivity contribution in [3.8, 4) is 11.5 Å². The van der Waals surface area contributed by atoms with Crippen molar-refractivity contribution < 1.29 is 9.47 Å². The summed E-state index contributed by atoms with van der Waals surface area (Å²) in [5, 5.41) is 1.22. The van der Waals surface area contributed by atoms with Crippen molar-refractivity contribution in [2.45, 2.75) is 24.8 Å². The monoisotopic (exact) mass is 380 g/mol. The van der Waals surface area contributed by atoms with Crippen molar-refractivity contribution in [1.29, 1.82) is 0 Å². The van der Waals surface area contributed by atoms with Gasteiger partial charge in [0.1, 0.15) is 5.82 Å². The Labute approximate surface area is 164 Å². The zero-order valence-corrected chi connectivity index (χ0v) is 16.8. The minimum absolute atomic E-state index is 0.674. The number of aryl methyl sites for hydroxylation is 1. The highest BCUT2D eigenvalue weighted by atomic mass is 32.2. The zero-order valence-electron chi connectivity index (χ0n) is 16.0. The second kappa shape index (κ2) is 7.69. The number of hydrogen-bond acceptors (Lipinski definition) is 5. The third kappa shape index (κ3) is 3.56. The summed E-state index contributed by atoms with van der Waals surface area (Å²) in [5.41, 5.74) is 3.44. The van der Waals surface area contributed by atoms with Crippen molar-refractivity contribution in [1.82, 2.24) is 4.98 Å². The van der Waals surface area contributed by atoms with E-state index in [1.54, 1.807) is 18.9 Å². The predicted octanol–water partition coefficient (Wildman–Crippen LogP) is 5.06. The molecule has 0 saturated heterocycles. The fraction of sp³-hybridized carbons (Fsp3) is 0.318. The van der Waals surface area contributed by atoms with Crippen LogP contribution in [0.3, 0.4) is 0 Å². The van der Waals surface area contributed by atoms with Crippen LogP contribution in [-0.2, 0) is 6.54 Å². The zero-order chi connectivity index (χ0) is 18.8. The minimum atomic E-state index is 0.674. The largest absolute Gasteiger partial charge is 0.493 e. The highest BCUT2D eigenvalue weighted by molar-refractivity contribution is 7.98. The molecule has 5 heteroatoms. The topological polar surface area (TPSA) is 34.6 Å². The molecule has 0 atom stereocenters. The van der Waals surface area contributed by atoms with E-state index in [0.29, 0.717) is 6.61 Å². The van der Waals surface area contributed by atoms with Gasteiger partial charge in [-0.25, -0.2) is 4.98 Å². The van der Waals surface area contributed by atoms with E-state index in [-0.39, 0.29) is 0 Å². The van der Waals surface area contributed by atoms with Crippen LogP contribution in [0.15, 0.2) is 47.4 Å². The first kappa shape index (κ1) is 18.0. The molecule has 0 fully saturated rings. The first-order valence-electron chi connectivity index (χ1n) is 9.18. The van der Waals surface area contributed by atoms with Gasteiger partial charge in [0.05, 0.1) is 19.2 Å². The molecule has 2 heterocycles. The summed E-state index contributed by atoms with van der Waals surface area (Å²) in [6.07, 6.45) is 3.04. The summed E-state index contributed by atoms with van der Waals surface area (Å²) in [4.78, 5) is 8.58. The van der Waals surface area contributed by atoms with Gasteiger partial charge in [-0.2, -0.15) is 0 Å². The normalized spacial score (nSPS) is 14.3. The van der Waals surface area contributed by atoms with Crippen molar-refractivity contribution in [2.24, 2.45) is 0 Å². The molecular weight excluding hydrogens is 356 g/mol. The molecule has 0 saturated carbocycles. The highest BCUT2D eigenvalue weighted by Gasteiger charge is 2.19. The number of benzene rings is 2. The number of methoxy groups -OCH3 is 1. The van der Waals surface area contributed by atoms with Gasteiger partial charge in [-0.05, 0) is 49.4 Å². The molecule has 0 spiro atoms. The van der Waals surface area contributed by atoms with E-state index < -0.39 is 0 Å². The summed E-state index contributed by atoms with van der Waals surface area (Å²) in [7, 11) is 1.69. The lowest BCUT2D eigenvalue weighted by Crippen LogP contribution is -2.28. The highest BCUT2D eigenvalue weighted by Crippen LogP contribution is 2.34. The third-order valence-corrected chi connectivity index (χ3v) is 5.72. The summed E-state index contributed by atoms with van der Waals surface area (Å²) in [6.45, 7) is 4.51. The maximum atomic E-state index is 5.98. The molecule has 0 unspecified atom stereocenters. The van der Waals surface area contributed by atoms with Crippen LogP contribution in [0, 0.1) is 6.92 Å². The second-order valence-electron chi connectivity index (χ2n) is 6.75. The number of hydrogen-bond donors (Lipinski definition) is 0. The molecule has 27 heavy (non-hydrogen) atoms. The number of thioether (sulfide) groups is 1. The molecule has 2 aromatic carbocycles. The van der Waals surface area contributed by atoms with E-state index in [0.717, 1.165) is 47.9 Å². The summed E-state index contributed by atoms with van der Waals surface area (Å²) >= 11 is 1.75. The van der Waals surface area contributed by atoms with Gasteiger partial charge in [0.25, 0.3) is 0 Å². The smallest absolute Gasteiger partial charge is 0.166 e. The summed E-state index contributed by atoms with van der Waals surface area (Å²) in [6, 6.07) is 14.8. The lowest BCUT2D eigenvalue weighted by atomic mass is 10.1. The van der Waals surface area contributed by atoms with Crippen LogP contribution in [0.5, 0.6) is 11.5 Å². The van der Waals surface area contributed by atoms with Gasteiger partial charge in [-0.15, -0.1) is 11.8 Å². The fourth-order valence-corrected chi connectivity index (χ4v) is 4.01. The molecule has 0 amide bonds. The van der Waals surface area contributed by atoms with E-state index in [2.05, 4.69) is 48.4 Å². The Balaban J connectivity index is 1.75. The molecule has 0 bridgehead atoms. The van der Waals surface area contributed by atoms with Gasteiger partial charge >= 0.3 is 0 Å². The number of ether oxygens (including phenoxy) is 2. The van der Waals surface area contributed by atoms with Crippen LogP contribution < -0.4 is 14.4 Å². The van der Waals surface area contributed by atoms with Crippen LogP contribution in [0.2, 0.25) is 0 Å². The van der Waals surface area contributed by atoms with Gasteiger partial charge in [0, 0.05) is 28.9 Å². The molecule has 1 aliphatic heterocycles. The average Bonchev–Trinajstić information content (AvgIpc) is 2.67. The Morgan fingerprint density at radius 1 is 1.19 bits per heavy atom. The van der Waals surface area contributed by atoms with Crippen LogP contribution in [0.4, 0.5) is 5.82 Å². The quantitative estimate of drug-likeness (QED) is 0.593. The van der Waals surface area contributed by atoms with Crippen LogP contribution in [0.1, 0.15) is 17.5 Å². The van der Waals surface area contributed by atoms with E-state index >= 15 is 0 Å². The van der Waals surface area contributed by atoms with E-state index in [1.807, 2.05) is 12.1 Å². The molecule has 0 aliphatic carbocycles. The van der Waals surface area contributed by atoms with Gasteiger partial charge < -0.3 is 14.4 Å².